The van der Waals surface area contributed by atoms with Crippen molar-refractivity contribution in [1.82, 2.24) is 5.32 Å². The summed E-state index contributed by atoms with van der Waals surface area (Å²) in [6.45, 7) is 4.62. The Balaban J connectivity index is 2.31. The smallest absolute Gasteiger partial charge is 0.236 e. The van der Waals surface area contributed by atoms with Crippen LogP contribution in [0.2, 0.25) is 0 Å². The molecule has 18 heavy (non-hydrogen) atoms. The number of hydrogen-bond acceptors (Lipinski definition) is 3. The molecule has 4 heteroatoms. The van der Waals surface area contributed by atoms with Crippen LogP contribution in [0.4, 0.5) is 0 Å². The van der Waals surface area contributed by atoms with Crippen LogP contribution in [0.15, 0.2) is 24.3 Å². The van der Waals surface area contributed by atoms with E-state index in [4.69, 9.17) is 5.73 Å². The van der Waals surface area contributed by atoms with Gasteiger partial charge in [-0.15, -0.1) is 0 Å². The van der Waals surface area contributed by atoms with Crippen LogP contribution in [0.1, 0.15) is 25.8 Å². The van der Waals surface area contributed by atoms with Crippen LogP contribution in [-0.4, -0.2) is 23.6 Å². The Bertz CT molecular complexity index is 391. The van der Waals surface area contributed by atoms with E-state index in [2.05, 4.69) is 5.32 Å². The van der Waals surface area contributed by atoms with Gasteiger partial charge < -0.3 is 16.2 Å². The number of amides is 1. The van der Waals surface area contributed by atoms with E-state index in [1.165, 1.54) is 0 Å². The van der Waals surface area contributed by atoms with E-state index in [0.717, 1.165) is 5.56 Å². The van der Waals surface area contributed by atoms with Crippen LogP contribution >= 0.6 is 0 Å². The number of aromatic hydroxyl groups is 1. The van der Waals surface area contributed by atoms with Gasteiger partial charge in [0.15, 0.2) is 0 Å². The van der Waals surface area contributed by atoms with Gasteiger partial charge in [-0.1, -0.05) is 26.0 Å². The van der Waals surface area contributed by atoms with Crippen molar-refractivity contribution in [2.75, 3.05) is 6.54 Å². The fourth-order valence-corrected chi connectivity index (χ4v) is 1.79. The summed E-state index contributed by atoms with van der Waals surface area (Å²) in [5, 5.41) is 12.1. The monoisotopic (exact) mass is 250 g/mol. The van der Waals surface area contributed by atoms with Gasteiger partial charge in [0.05, 0.1) is 6.04 Å². The number of hydrogen-bond donors (Lipinski definition) is 3. The second kappa shape index (κ2) is 7.01. The van der Waals surface area contributed by atoms with Crippen molar-refractivity contribution in [3.05, 3.63) is 29.8 Å². The Morgan fingerprint density at radius 2 is 2.17 bits per heavy atom. The molecule has 0 fully saturated rings. The first-order chi connectivity index (χ1) is 8.49. The highest BCUT2D eigenvalue weighted by Crippen LogP contribution is 2.10. The Morgan fingerprint density at radius 1 is 1.44 bits per heavy atom. The summed E-state index contributed by atoms with van der Waals surface area (Å²) in [5.74, 6) is 0.552. The number of nitrogens with one attached hydrogen (secondary N) is 1. The van der Waals surface area contributed by atoms with E-state index in [-0.39, 0.29) is 11.7 Å². The predicted molar refractivity (Wildman–Crippen MR) is 72.3 cm³/mol. The Hall–Kier alpha value is -1.55. The van der Waals surface area contributed by atoms with Gasteiger partial charge in [-0.3, -0.25) is 4.79 Å². The van der Waals surface area contributed by atoms with Crippen molar-refractivity contribution >= 4 is 5.91 Å². The first kappa shape index (κ1) is 14.5. The lowest BCUT2D eigenvalue weighted by atomic mass is 10.0. The largest absolute Gasteiger partial charge is 0.508 e. The molecule has 0 unspecified atom stereocenters. The van der Waals surface area contributed by atoms with Crippen LogP contribution in [0.25, 0.3) is 0 Å². The number of nitrogens with two attached hydrogens (primary N) is 1. The maximum atomic E-state index is 11.7. The van der Waals surface area contributed by atoms with Crippen LogP contribution in [0, 0.1) is 5.92 Å². The summed E-state index contributed by atoms with van der Waals surface area (Å²) in [6, 6.07) is 6.59. The van der Waals surface area contributed by atoms with Gasteiger partial charge in [0.1, 0.15) is 5.75 Å². The predicted octanol–water partition coefficient (Wildman–Crippen LogP) is 1.42. The van der Waals surface area contributed by atoms with Crippen molar-refractivity contribution in [2.24, 2.45) is 11.7 Å². The van der Waals surface area contributed by atoms with Crippen LogP contribution in [0.5, 0.6) is 5.75 Å². The topological polar surface area (TPSA) is 75.4 Å². The van der Waals surface area contributed by atoms with E-state index in [1.54, 1.807) is 18.2 Å². The average molecular weight is 250 g/mol. The molecule has 1 amide bonds. The maximum absolute atomic E-state index is 11.7. The zero-order valence-electron chi connectivity index (χ0n) is 11.0. The third-order valence-electron chi connectivity index (χ3n) is 2.69. The molecular formula is C14H22N2O2. The second-order valence-electron chi connectivity index (χ2n) is 4.95. The Morgan fingerprint density at radius 3 is 2.78 bits per heavy atom. The summed E-state index contributed by atoms with van der Waals surface area (Å²) in [5.41, 5.74) is 6.76. The van der Waals surface area contributed by atoms with E-state index < -0.39 is 6.04 Å². The molecule has 100 valence electrons. The lowest BCUT2D eigenvalue weighted by molar-refractivity contribution is -0.122. The van der Waals surface area contributed by atoms with Gasteiger partial charge >= 0.3 is 0 Å². The third-order valence-corrected chi connectivity index (χ3v) is 2.69. The fourth-order valence-electron chi connectivity index (χ4n) is 1.79. The molecule has 0 bridgehead atoms. The second-order valence-corrected chi connectivity index (χ2v) is 4.95. The van der Waals surface area contributed by atoms with Crippen molar-refractivity contribution < 1.29 is 9.90 Å². The summed E-state index contributed by atoms with van der Waals surface area (Å²) in [4.78, 5) is 11.7. The van der Waals surface area contributed by atoms with Crippen molar-refractivity contribution in [3.8, 4) is 5.75 Å². The lowest BCUT2D eigenvalue weighted by Gasteiger charge is -2.14. The molecular weight excluding hydrogens is 228 g/mol. The van der Waals surface area contributed by atoms with E-state index in [9.17, 15) is 9.90 Å². The zero-order valence-corrected chi connectivity index (χ0v) is 11.0. The van der Waals surface area contributed by atoms with Gasteiger partial charge in [-0.05, 0) is 36.5 Å². The van der Waals surface area contributed by atoms with Crippen molar-refractivity contribution in [2.45, 2.75) is 32.7 Å². The first-order valence-electron chi connectivity index (χ1n) is 6.30. The van der Waals surface area contributed by atoms with Crippen LogP contribution in [0.3, 0.4) is 0 Å². The van der Waals surface area contributed by atoms with Gasteiger partial charge in [-0.25, -0.2) is 0 Å². The molecule has 1 atom stereocenters. The maximum Gasteiger partial charge on any atom is 0.236 e. The fraction of sp³-hybridized carbons (Fsp3) is 0.500. The van der Waals surface area contributed by atoms with Crippen LogP contribution in [-0.2, 0) is 11.2 Å². The molecule has 0 aliphatic rings. The molecule has 0 aromatic heterocycles. The SMILES string of the molecule is CC(C)C[C@H](N)C(=O)NCCc1cccc(O)c1. The minimum absolute atomic E-state index is 0.108. The minimum Gasteiger partial charge on any atom is -0.508 e. The molecule has 0 radical (unpaired) electrons. The molecule has 4 nitrogen and oxygen atoms in total. The molecule has 4 N–H and O–H groups in total. The zero-order chi connectivity index (χ0) is 13.5. The van der Waals surface area contributed by atoms with E-state index in [1.807, 2.05) is 19.9 Å². The van der Waals surface area contributed by atoms with Crippen molar-refractivity contribution in [1.29, 1.82) is 0 Å². The Labute approximate surface area is 108 Å². The lowest BCUT2D eigenvalue weighted by Crippen LogP contribution is -2.42. The number of phenolic OH excluding ortho intramolecular Hbond substituents is 1. The minimum atomic E-state index is -0.436. The number of rotatable bonds is 6. The quantitative estimate of drug-likeness (QED) is 0.715. The normalized spacial score (nSPS) is 12.4. The summed E-state index contributed by atoms with van der Waals surface area (Å²) < 4.78 is 0. The molecule has 0 saturated carbocycles. The molecule has 1 aromatic carbocycles. The summed E-state index contributed by atoms with van der Waals surface area (Å²) in [6.07, 6.45) is 1.38. The third kappa shape index (κ3) is 5.19. The first-order valence-corrected chi connectivity index (χ1v) is 6.30. The summed E-state index contributed by atoms with van der Waals surface area (Å²) in [7, 11) is 0. The van der Waals surface area contributed by atoms with Gasteiger partial charge in [-0.2, -0.15) is 0 Å². The highest BCUT2D eigenvalue weighted by molar-refractivity contribution is 5.81. The molecule has 0 spiro atoms. The van der Waals surface area contributed by atoms with Crippen LogP contribution < -0.4 is 11.1 Å². The van der Waals surface area contributed by atoms with E-state index >= 15 is 0 Å². The molecule has 1 rings (SSSR count). The van der Waals surface area contributed by atoms with E-state index in [0.29, 0.717) is 25.3 Å². The number of phenols is 1. The highest BCUT2D eigenvalue weighted by Gasteiger charge is 2.13. The van der Waals surface area contributed by atoms with Gasteiger partial charge in [0.2, 0.25) is 5.91 Å². The standard InChI is InChI=1S/C14H22N2O2/c1-10(2)8-13(15)14(18)16-7-6-11-4-3-5-12(17)9-11/h3-5,9-10,13,17H,6-8,15H2,1-2H3,(H,16,18)/t13-/m0/s1. The molecule has 1 aromatic rings. The average Bonchev–Trinajstić information content (AvgIpc) is 2.28. The number of benzene rings is 1. The number of carbonyl (C=O) groups is 1. The summed E-state index contributed by atoms with van der Waals surface area (Å²) >= 11 is 0. The molecule has 0 saturated heterocycles. The molecule has 0 heterocycles. The Kier molecular flexibility index (Phi) is 5.65. The molecule has 0 aliphatic carbocycles. The van der Waals surface area contributed by atoms with Crippen molar-refractivity contribution in [3.63, 3.8) is 0 Å². The number of carbonyl (C=O) groups excluding carboxylic acids is 1. The highest BCUT2D eigenvalue weighted by atomic mass is 16.3. The van der Waals surface area contributed by atoms with Gasteiger partial charge in [0, 0.05) is 6.54 Å². The molecule has 0 aliphatic heterocycles. The van der Waals surface area contributed by atoms with Gasteiger partial charge in [0.25, 0.3) is 0 Å².